The molecule has 1 nitrogen and oxygen atoms in total. The van der Waals surface area contributed by atoms with Gasteiger partial charge in [-0.3, -0.25) is 0 Å². The van der Waals surface area contributed by atoms with Crippen molar-refractivity contribution in [3.05, 3.63) is 71.8 Å². The first kappa shape index (κ1) is 12.1. The van der Waals surface area contributed by atoms with Crippen molar-refractivity contribution in [1.29, 1.82) is 0 Å². The first-order valence-corrected chi connectivity index (χ1v) is 7.61. The maximum atomic E-state index is 6.19. The van der Waals surface area contributed by atoms with Crippen LogP contribution in [0.25, 0.3) is 43.5 Å². The highest BCUT2D eigenvalue weighted by atomic mass is 35.5. The highest BCUT2D eigenvalue weighted by molar-refractivity contribution is 6.32. The van der Waals surface area contributed by atoms with E-state index in [1.165, 1.54) is 21.5 Å². The Morgan fingerprint density at radius 1 is 0.591 bits per heavy atom. The van der Waals surface area contributed by atoms with Crippen molar-refractivity contribution >= 4 is 55.1 Å². The van der Waals surface area contributed by atoms with Crippen LogP contribution in [0.15, 0.2) is 71.1 Å². The second kappa shape index (κ2) is 4.25. The summed E-state index contributed by atoms with van der Waals surface area (Å²) in [7, 11) is 0. The van der Waals surface area contributed by atoms with Crippen LogP contribution in [0.3, 0.4) is 0 Å². The zero-order chi connectivity index (χ0) is 14.7. The van der Waals surface area contributed by atoms with Gasteiger partial charge in [-0.1, -0.05) is 48.0 Å². The Bertz CT molecular complexity index is 1180. The number of fused-ring (bicyclic) bond motifs is 6. The Morgan fingerprint density at radius 2 is 1.36 bits per heavy atom. The number of hydrogen-bond acceptors (Lipinski definition) is 1. The fraction of sp³-hybridized carbons (Fsp3) is 0. The van der Waals surface area contributed by atoms with Crippen LogP contribution in [0.1, 0.15) is 0 Å². The van der Waals surface area contributed by atoms with Gasteiger partial charge in [0.15, 0.2) is 0 Å². The van der Waals surface area contributed by atoms with Crippen LogP contribution < -0.4 is 0 Å². The van der Waals surface area contributed by atoms with Crippen LogP contribution in [0.2, 0.25) is 5.02 Å². The predicted molar refractivity (Wildman–Crippen MR) is 93.7 cm³/mol. The van der Waals surface area contributed by atoms with Crippen molar-refractivity contribution < 1.29 is 4.42 Å². The van der Waals surface area contributed by atoms with Crippen molar-refractivity contribution in [3.8, 4) is 0 Å². The molecular weight excluding hydrogens is 292 g/mol. The molecule has 0 aliphatic rings. The predicted octanol–water partition coefficient (Wildman–Crippen LogP) is 6.55. The zero-order valence-electron chi connectivity index (χ0n) is 11.6. The van der Waals surface area contributed by atoms with Crippen molar-refractivity contribution in [1.82, 2.24) is 0 Å². The van der Waals surface area contributed by atoms with E-state index in [0.29, 0.717) is 0 Å². The molecule has 1 aromatic heterocycles. The molecule has 104 valence electrons. The summed E-state index contributed by atoms with van der Waals surface area (Å²) < 4.78 is 5.97. The first-order chi connectivity index (χ1) is 10.8. The molecule has 0 radical (unpaired) electrons. The average molecular weight is 303 g/mol. The first-order valence-electron chi connectivity index (χ1n) is 7.23. The summed E-state index contributed by atoms with van der Waals surface area (Å²) in [5.74, 6) is 0. The molecular formula is C20H11ClO. The fourth-order valence-corrected chi connectivity index (χ4v) is 3.42. The van der Waals surface area contributed by atoms with Crippen molar-refractivity contribution in [2.45, 2.75) is 0 Å². The van der Waals surface area contributed by atoms with Crippen molar-refractivity contribution in [2.75, 3.05) is 0 Å². The summed E-state index contributed by atoms with van der Waals surface area (Å²) in [6, 6.07) is 22.8. The van der Waals surface area contributed by atoms with E-state index in [9.17, 15) is 0 Å². The number of hydrogen-bond donors (Lipinski definition) is 0. The van der Waals surface area contributed by atoms with E-state index < -0.39 is 0 Å². The van der Waals surface area contributed by atoms with E-state index in [0.717, 1.165) is 27.0 Å². The van der Waals surface area contributed by atoms with Crippen LogP contribution in [0.4, 0.5) is 0 Å². The van der Waals surface area contributed by atoms with Gasteiger partial charge in [-0.25, -0.2) is 0 Å². The lowest BCUT2D eigenvalue weighted by atomic mass is 10.00. The molecule has 0 spiro atoms. The molecule has 0 amide bonds. The topological polar surface area (TPSA) is 13.1 Å². The lowest BCUT2D eigenvalue weighted by Gasteiger charge is -2.05. The van der Waals surface area contributed by atoms with Gasteiger partial charge in [0.05, 0.1) is 0 Å². The standard InChI is InChI=1S/C20H11ClO/c21-14-8-7-12-5-6-13-9-20-18(11-17(13)16(12)10-14)15-3-1-2-4-19(15)22-20/h1-11H. The lowest BCUT2D eigenvalue weighted by Crippen LogP contribution is -1.78. The Labute approximate surface area is 131 Å². The van der Waals surface area contributed by atoms with Gasteiger partial charge in [-0.2, -0.15) is 0 Å². The zero-order valence-corrected chi connectivity index (χ0v) is 12.4. The number of para-hydroxylation sites is 1. The Kier molecular flexibility index (Phi) is 2.33. The van der Waals surface area contributed by atoms with Gasteiger partial charge in [0, 0.05) is 15.8 Å². The van der Waals surface area contributed by atoms with Crippen LogP contribution in [-0.2, 0) is 0 Å². The lowest BCUT2D eigenvalue weighted by molar-refractivity contribution is 0.669. The molecule has 0 saturated heterocycles. The summed E-state index contributed by atoms with van der Waals surface area (Å²) >= 11 is 6.19. The van der Waals surface area contributed by atoms with E-state index in [1.54, 1.807) is 0 Å². The minimum absolute atomic E-state index is 0.761. The van der Waals surface area contributed by atoms with Crippen LogP contribution in [0, 0.1) is 0 Å². The van der Waals surface area contributed by atoms with Gasteiger partial charge in [-0.15, -0.1) is 0 Å². The SMILES string of the molecule is Clc1ccc2ccc3cc4oc5ccccc5c4cc3c2c1. The Hall–Kier alpha value is -2.51. The monoisotopic (exact) mass is 302 g/mol. The molecule has 0 saturated carbocycles. The second-order valence-corrected chi connectivity index (χ2v) is 6.04. The number of benzene rings is 4. The highest BCUT2D eigenvalue weighted by Gasteiger charge is 2.09. The molecule has 2 heteroatoms. The summed E-state index contributed by atoms with van der Waals surface area (Å²) in [6.07, 6.45) is 0. The molecule has 5 rings (SSSR count). The maximum absolute atomic E-state index is 6.19. The number of furan rings is 1. The Morgan fingerprint density at radius 3 is 2.32 bits per heavy atom. The van der Waals surface area contributed by atoms with Crippen molar-refractivity contribution in [2.24, 2.45) is 0 Å². The maximum Gasteiger partial charge on any atom is 0.136 e. The fourth-order valence-electron chi connectivity index (χ4n) is 3.24. The van der Waals surface area contributed by atoms with Crippen LogP contribution >= 0.6 is 11.6 Å². The highest BCUT2D eigenvalue weighted by Crippen LogP contribution is 2.35. The van der Waals surface area contributed by atoms with Crippen LogP contribution in [-0.4, -0.2) is 0 Å². The molecule has 0 fully saturated rings. The second-order valence-electron chi connectivity index (χ2n) is 5.60. The summed E-state index contributed by atoms with van der Waals surface area (Å²) in [6.45, 7) is 0. The minimum atomic E-state index is 0.761. The van der Waals surface area contributed by atoms with Gasteiger partial charge in [0.25, 0.3) is 0 Å². The molecule has 4 aromatic carbocycles. The van der Waals surface area contributed by atoms with E-state index in [1.807, 2.05) is 30.3 Å². The van der Waals surface area contributed by atoms with E-state index >= 15 is 0 Å². The molecule has 0 atom stereocenters. The smallest absolute Gasteiger partial charge is 0.136 e. The molecule has 0 unspecified atom stereocenters. The van der Waals surface area contributed by atoms with Gasteiger partial charge >= 0.3 is 0 Å². The molecule has 0 N–H and O–H groups in total. The molecule has 5 aromatic rings. The summed E-state index contributed by atoms with van der Waals surface area (Å²) in [5.41, 5.74) is 1.85. The summed E-state index contributed by atoms with van der Waals surface area (Å²) in [4.78, 5) is 0. The van der Waals surface area contributed by atoms with E-state index in [4.69, 9.17) is 16.0 Å². The van der Waals surface area contributed by atoms with Crippen molar-refractivity contribution in [3.63, 3.8) is 0 Å². The number of halogens is 1. The number of rotatable bonds is 0. The minimum Gasteiger partial charge on any atom is -0.456 e. The normalized spacial score (nSPS) is 11.9. The largest absolute Gasteiger partial charge is 0.456 e. The van der Waals surface area contributed by atoms with Crippen LogP contribution in [0.5, 0.6) is 0 Å². The molecule has 0 bridgehead atoms. The van der Waals surface area contributed by atoms with Gasteiger partial charge in [0.2, 0.25) is 0 Å². The van der Waals surface area contributed by atoms with Gasteiger partial charge in [-0.05, 0) is 51.9 Å². The molecule has 0 aliphatic heterocycles. The molecule has 22 heavy (non-hydrogen) atoms. The van der Waals surface area contributed by atoms with Gasteiger partial charge < -0.3 is 4.42 Å². The third kappa shape index (κ3) is 1.60. The van der Waals surface area contributed by atoms with E-state index in [2.05, 4.69) is 36.4 Å². The third-order valence-corrected chi connectivity index (χ3v) is 4.53. The quantitative estimate of drug-likeness (QED) is 0.296. The molecule has 0 aliphatic carbocycles. The summed E-state index contributed by atoms with van der Waals surface area (Å²) in [5, 5.41) is 7.81. The molecule has 1 heterocycles. The Balaban J connectivity index is 2.04. The third-order valence-electron chi connectivity index (χ3n) is 4.30. The van der Waals surface area contributed by atoms with E-state index in [-0.39, 0.29) is 0 Å². The van der Waals surface area contributed by atoms with Gasteiger partial charge in [0.1, 0.15) is 11.2 Å². The average Bonchev–Trinajstić information content (AvgIpc) is 2.90.